The summed E-state index contributed by atoms with van der Waals surface area (Å²) in [5.74, 6) is 0.804. The predicted octanol–water partition coefficient (Wildman–Crippen LogP) is 1.11. The van der Waals surface area contributed by atoms with Gasteiger partial charge in [-0.05, 0) is 25.2 Å². The van der Waals surface area contributed by atoms with Gasteiger partial charge in [0.05, 0.1) is 0 Å². The van der Waals surface area contributed by atoms with Crippen LogP contribution in [-0.4, -0.2) is 12.8 Å². The van der Waals surface area contributed by atoms with Crippen molar-refractivity contribution < 1.29 is 4.74 Å². The standard InChI is InChI=1S/C7H15NO/c1-6-2-3-7(8)9-5-4-6/h6-7H,2-5,8H2,1H3. The van der Waals surface area contributed by atoms with Crippen LogP contribution in [0.3, 0.4) is 0 Å². The Hall–Kier alpha value is -0.0800. The molecule has 1 fully saturated rings. The molecule has 0 bridgehead atoms. The lowest BCUT2D eigenvalue weighted by molar-refractivity contribution is 0.0629. The van der Waals surface area contributed by atoms with E-state index in [-0.39, 0.29) is 6.23 Å². The molecule has 1 aliphatic rings. The largest absolute Gasteiger partial charge is 0.364 e. The van der Waals surface area contributed by atoms with E-state index in [0.29, 0.717) is 0 Å². The average molecular weight is 129 g/mol. The zero-order valence-corrected chi connectivity index (χ0v) is 5.97. The van der Waals surface area contributed by atoms with E-state index in [0.717, 1.165) is 18.9 Å². The van der Waals surface area contributed by atoms with Gasteiger partial charge in [-0.2, -0.15) is 0 Å². The van der Waals surface area contributed by atoms with E-state index in [1.807, 2.05) is 0 Å². The van der Waals surface area contributed by atoms with Crippen molar-refractivity contribution in [3.8, 4) is 0 Å². The van der Waals surface area contributed by atoms with E-state index < -0.39 is 0 Å². The summed E-state index contributed by atoms with van der Waals surface area (Å²) in [7, 11) is 0. The van der Waals surface area contributed by atoms with Crippen molar-refractivity contribution >= 4 is 0 Å². The van der Waals surface area contributed by atoms with Crippen molar-refractivity contribution in [2.45, 2.75) is 32.4 Å². The van der Waals surface area contributed by atoms with Crippen LogP contribution in [0.15, 0.2) is 0 Å². The van der Waals surface area contributed by atoms with Gasteiger partial charge < -0.3 is 10.5 Å². The van der Waals surface area contributed by atoms with E-state index >= 15 is 0 Å². The minimum atomic E-state index is 0.00921. The van der Waals surface area contributed by atoms with Crippen LogP contribution in [0.2, 0.25) is 0 Å². The lowest BCUT2D eigenvalue weighted by Crippen LogP contribution is -2.22. The molecule has 0 aromatic carbocycles. The third kappa shape index (κ3) is 2.33. The predicted molar refractivity (Wildman–Crippen MR) is 36.9 cm³/mol. The maximum absolute atomic E-state index is 5.57. The molecular weight excluding hydrogens is 114 g/mol. The second-order valence-electron chi connectivity index (χ2n) is 2.88. The number of rotatable bonds is 0. The molecule has 0 aromatic rings. The van der Waals surface area contributed by atoms with Gasteiger partial charge in [0.1, 0.15) is 6.23 Å². The molecule has 1 aliphatic heterocycles. The monoisotopic (exact) mass is 129 g/mol. The number of hydrogen-bond donors (Lipinski definition) is 1. The van der Waals surface area contributed by atoms with Crippen LogP contribution in [0.5, 0.6) is 0 Å². The minimum Gasteiger partial charge on any atom is -0.364 e. The molecule has 0 radical (unpaired) electrons. The Morgan fingerprint density at radius 3 is 2.89 bits per heavy atom. The lowest BCUT2D eigenvalue weighted by Gasteiger charge is -2.06. The fourth-order valence-electron chi connectivity index (χ4n) is 1.10. The highest BCUT2D eigenvalue weighted by molar-refractivity contribution is 4.60. The molecule has 1 saturated heterocycles. The van der Waals surface area contributed by atoms with Crippen molar-refractivity contribution in [2.24, 2.45) is 11.7 Å². The average Bonchev–Trinajstić information content (AvgIpc) is 1.97. The van der Waals surface area contributed by atoms with Gasteiger partial charge >= 0.3 is 0 Å². The molecule has 2 unspecified atom stereocenters. The van der Waals surface area contributed by atoms with Gasteiger partial charge in [0.15, 0.2) is 0 Å². The molecule has 9 heavy (non-hydrogen) atoms. The zero-order valence-electron chi connectivity index (χ0n) is 5.97. The fraction of sp³-hybridized carbons (Fsp3) is 1.00. The smallest absolute Gasteiger partial charge is 0.105 e. The molecule has 54 valence electrons. The Bertz CT molecular complexity index is 75.0. The lowest BCUT2D eigenvalue weighted by atomic mass is 10.0. The van der Waals surface area contributed by atoms with Crippen molar-refractivity contribution in [3.63, 3.8) is 0 Å². The summed E-state index contributed by atoms with van der Waals surface area (Å²) >= 11 is 0. The van der Waals surface area contributed by atoms with Gasteiger partial charge in [-0.15, -0.1) is 0 Å². The van der Waals surface area contributed by atoms with Crippen LogP contribution in [0.1, 0.15) is 26.2 Å². The van der Waals surface area contributed by atoms with Gasteiger partial charge in [-0.1, -0.05) is 6.92 Å². The molecule has 1 rings (SSSR count). The molecule has 0 saturated carbocycles. The molecule has 2 heteroatoms. The van der Waals surface area contributed by atoms with Crippen molar-refractivity contribution in [1.82, 2.24) is 0 Å². The van der Waals surface area contributed by atoms with Crippen molar-refractivity contribution in [3.05, 3.63) is 0 Å². The first-order chi connectivity index (χ1) is 4.29. The number of nitrogens with two attached hydrogens (primary N) is 1. The molecule has 2 N–H and O–H groups in total. The van der Waals surface area contributed by atoms with Crippen LogP contribution in [0.25, 0.3) is 0 Å². The van der Waals surface area contributed by atoms with E-state index in [2.05, 4.69) is 6.92 Å². The second-order valence-corrected chi connectivity index (χ2v) is 2.88. The second kappa shape index (κ2) is 3.18. The maximum atomic E-state index is 5.57. The Morgan fingerprint density at radius 1 is 1.33 bits per heavy atom. The fourth-order valence-corrected chi connectivity index (χ4v) is 1.10. The molecule has 2 atom stereocenters. The van der Waals surface area contributed by atoms with Gasteiger partial charge in [-0.3, -0.25) is 0 Å². The van der Waals surface area contributed by atoms with Crippen LogP contribution in [0.4, 0.5) is 0 Å². The molecule has 1 heterocycles. The van der Waals surface area contributed by atoms with Crippen LogP contribution >= 0.6 is 0 Å². The summed E-state index contributed by atoms with van der Waals surface area (Å²) in [6, 6.07) is 0. The summed E-state index contributed by atoms with van der Waals surface area (Å²) in [4.78, 5) is 0. The third-order valence-electron chi connectivity index (χ3n) is 1.89. The van der Waals surface area contributed by atoms with Crippen LogP contribution < -0.4 is 5.73 Å². The first-order valence-corrected chi connectivity index (χ1v) is 3.66. The van der Waals surface area contributed by atoms with Gasteiger partial charge in [0.2, 0.25) is 0 Å². The molecule has 2 nitrogen and oxygen atoms in total. The maximum Gasteiger partial charge on any atom is 0.105 e. The summed E-state index contributed by atoms with van der Waals surface area (Å²) in [5.41, 5.74) is 5.57. The number of hydrogen-bond acceptors (Lipinski definition) is 2. The summed E-state index contributed by atoms with van der Waals surface area (Å²) in [6.45, 7) is 3.10. The van der Waals surface area contributed by atoms with E-state index in [1.54, 1.807) is 0 Å². The van der Waals surface area contributed by atoms with Gasteiger partial charge in [0, 0.05) is 6.61 Å². The van der Waals surface area contributed by atoms with Crippen LogP contribution in [0, 0.1) is 5.92 Å². The first kappa shape index (κ1) is 7.03. The Labute approximate surface area is 56.4 Å². The Kier molecular flexibility index (Phi) is 2.49. The van der Waals surface area contributed by atoms with Crippen LogP contribution in [-0.2, 0) is 4.74 Å². The highest BCUT2D eigenvalue weighted by Crippen LogP contribution is 2.15. The molecule has 0 amide bonds. The summed E-state index contributed by atoms with van der Waals surface area (Å²) in [5, 5.41) is 0. The third-order valence-corrected chi connectivity index (χ3v) is 1.89. The summed E-state index contributed by atoms with van der Waals surface area (Å²) < 4.78 is 5.25. The Balaban J connectivity index is 2.25. The van der Waals surface area contributed by atoms with Crippen molar-refractivity contribution in [1.29, 1.82) is 0 Å². The normalized spacial score (nSPS) is 38.0. The van der Waals surface area contributed by atoms with Gasteiger partial charge in [0.25, 0.3) is 0 Å². The molecule has 0 aliphatic carbocycles. The highest BCUT2D eigenvalue weighted by atomic mass is 16.5. The summed E-state index contributed by atoms with van der Waals surface area (Å²) in [6.07, 6.45) is 3.44. The van der Waals surface area contributed by atoms with E-state index in [9.17, 15) is 0 Å². The molecule has 0 spiro atoms. The topological polar surface area (TPSA) is 35.2 Å². The zero-order chi connectivity index (χ0) is 6.69. The first-order valence-electron chi connectivity index (χ1n) is 3.66. The molecular formula is C7H15NO. The highest BCUT2D eigenvalue weighted by Gasteiger charge is 2.11. The van der Waals surface area contributed by atoms with E-state index in [4.69, 9.17) is 10.5 Å². The number of ether oxygens (including phenoxy) is 1. The SMILES string of the molecule is CC1CCOC(N)CC1. The quantitative estimate of drug-likeness (QED) is 0.531. The van der Waals surface area contributed by atoms with Crippen molar-refractivity contribution in [2.75, 3.05) is 6.61 Å². The van der Waals surface area contributed by atoms with E-state index in [1.165, 1.54) is 12.8 Å². The minimum absolute atomic E-state index is 0.00921. The Morgan fingerprint density at radius 2 is 2.11 bits per heavy atom. The van der Waals surface area contributed by atoms with Gasteiger partial charge in [-0.25, -0.2) is 0 Å². The molecule has 0 aromatic heterocycles.